The van der Waals surface area contributed by atoms with Crippen molar-refractivity contribution in [1.82, 2.24) is 10.3 Å². The molecule has 1 heterocycles. The molecule has 0 aliphatic carbocycles. The third-order valence-corrected chi connectivity index (χ3v) is 3.82. The van der Waals surface area contributed by atoms with Gasteiger partial charge in [-0.3, -0.25) is 4.98 Å². The van der Waals surface area contributed by atoms with E-state index < -0.39 is 9.84 Å². The van der Waals surface area contributed by atoms with Gasteiger partial charge in [-0.15, -0.1) is 0 Å². The summed E-state index contributed by atoms with van der Waals surface area (Å²) in [5.74, 6) is 0.151. The largest absolute Gasteiger partial charge is 0.373 e. The van der Waals surface area contributed by atoms with Gasteiger partial charge < -0.3 is 10.2 Å². The number of hydrogen-bond acceptors (Lipinski definition) is 5. The molecule has 1 aromatic rings. The molecule has 0 saturated carbocycles. The second kappa shape index (κ2) is 6.54. The highest BCUT2D eigenvalue weighted by molar-refractivity contribution is 7.90. The predicted octanol–water partition coefficient (Wildman–Crippen LogP) is 1.45. The van der Waals surface area contributed by atoms with E-state index in [1.807, 2.05) is 24.2 Å². The van der Waals surface area contributed by atoms with E-state index in [0.717, 1.165) is 11.3 Å². The van der Waals surface area contributed by atoms with Crippen LogP contribution in [0.5, 0.6) is 0 Å². The Kier molecular flexibility index (Phi) is 5.53. The topological polar surface area (TPSA) is 62.3 Å². The van der Waals surface area contributed by atoms with Crippen LogP contribution in [0.3, 0.4) is 0 Å². The molecule has 0 aliphatic heterocycles. The lowest BCUT2D eigenvalue weighted by Crippen LogP contribution is -2.35. The fraction of sp³-hybridized carbons (Fsp3) is 0.643. The molecule has 0 bridgehead atoms. The van der Waals surface area contributed by atoms with Crippen LogP contribution < -0.4 is 10.2 Å². The monoisotopic (exact) mass is 299 g/mol. The third kappa shape index (κ3) is 6.34. The highest BCUT2D eigenvalue weighted by atomic mass is 32.2. The first kappa shape index (κ1) is 16.9. The van der Waals surface area contributed by atoms with E-state index in [0.29, 0.717) is 13.1 Å². The average molecular weight is 299 g/mol. The minimum Gasteiger partial charge on any atom is -0.373 e. The molecule has 6 heteroatoms. The standard InChI is InChI=1S/C14H25N3O2S/c1-14(2,3)16-11-12-10-15-7-6-13(12)17(4)8-9-20(5,18)19/h6-7,10,16H,8-9,11H2,1-5H3. The lowest BCUT2D eigenvalue weighted by molar-refractivity contribution is 0.424. The maximum atomic E-state index is 11.3. The van der Waals surface area contributed by atoms with Gasteiger partial charge in [0.2, 0.25) is 0 Å². The Morgan fingerprint density at radius 3 is 2.55 bits per heavy atom. The molecule has 0 unspecified atom stereocenters. The molecule has 1 rings (SSSR count). The highest BCUT2D eigenvalue weighted by Crippen LogP contribution is 2.18. The van der Waals surface area contributed by atoms with Gasteiger partial charge in [-0.2, -0.15) is 0 Å². The summed E-state index contributed by atoms with van der Waals surface area (Å²) in [7, 11) is -1.04. The maximum absolute atomic E-state index is 11.3. The van der Waals surface area contributed by atoms with Crippen molar-refractivity contribution in [2.45, 2.75) is 32.9 Å². The summed E-state index contributed by atoms with van der Waals surface area (Å²) < 4.78 is 22.5. The van der Waals surface area contributed by atoms with E-state index in [2.05, 4.69) is 31.1 Å². The Morgan fingerprint density at radius 1 is 1.35 bits per heavy atom. The molecule has 114 valence electrons. The highest BCUT2D eigenvalue weighted by Gasteiger charge is 2.13. The molecule has 5 nitrogen and oxygen atoms in total. The van der Waals surface area contributed by atoms with Gasteiger partial charge in [-0.1, -0.05) is 0 Å². The third-order valence-electron chi connectivity index (χ3n) is 2.90. The van der Waals surface area contributed by atoms with Crippen LogP contribution in [0.4, 0.5) is 5.69 Å². The van der Waals surface area contributed by atoms with E-state index in [1.54, 1.807) is 6.20 Å². The summed E-state index contributed by atoms with van der Waals surface area (Å²) in [6.07, 6.45) is 4.81. The molecule has 0 atom stereocenters. The molecular formula is C14H25N3O2S. The van der Waals surface area contributed by atoms with Crippen molar-refractivity contribution < 1.29 is 8.42 Å². The van der Waals surface area contributed by atoms with E-state index in [-0.39, 0.29) is 11.3 Å². The summed E-state index contributed by atoms with van der Waals surface area (Å²) in [4.78, 5) is 6.11. The van der Waals surface area contributed by atoms with Crippen LogP contribution in [0.1, 0.15) is 26.3 Å². The number of aromatic nitrogens is 1. The number of anilines is 1. The number of pyridine rings is 1. The Hall–Kier alpha value is -1.14. The van der Waals surface area contributed by atoms with Gasteiger partial charge in [0.25, 0.3) is 0 Å². The summed E-state index contributed by atoms with van der Waals surface area (Å²) >= 11 is 0. The predicted molar refractivity (Wildman–Crippen MR) is 83.8 cm³/mol. The van der Waals surface area contributed by atoms with Gasteiger partial charge in [-0.05, 0) is 26.8 Å². The second-order valence-corrected chi connectivity index (χ2v) is 8.42. The van der Waals surface area contributed by atoms with Crippen molar-refractivity contribution in [2.24, 2.45) is 0 Å². The van der Waals surface area contributed by atoms with E-state index >= 15 is 0 Å². The van der Waals surface area contributed by atoms with Gasteiger partial charge >= 0.3 is 0 Å². The quantitative estimate of drug-likeness (QED) is 0.861. The molecule has 0 radical (unpaired) electrons. The van der Waals surface area contributed by atoms with Gasteiger partial charge in [-0.25, -0.2) is 8.42 Å². The Morgan fingerprint density at radius 2 is 2.00 bits per heavy atom. The van der Waals surface area contributed by atoms with Crippen LogP contribution in [-0.2, 0) is 16.4 Å². The fourth-order valence-electron chi connectivity index (χ4n) is 1.71. The lowest BCUT2D eigenvalue weighted by Gasteiger charge is -2.25. The van der Waals surface area contributed by atoms with Crippen molar-refractivity contribution in [3.63, 3.8) is 0 Å². The molecule has 0 saturated heterocycles. The first-order chi connectivity index (χ1) is 9.08. The Labute approximate surface area is 122 Å². The van der Waals surface area contributed by atoms with Crippen LogP contribution in [0, 0.1) is 0 Å². The maximum Gasteiger partial charge on any atom is 0.149 e. The number of hydrogen-bond donors (Lipinski definition) is 1. The zero-order valence-corrected chi connectivity index (χ0v) is 13.8. The van der Waals surface area contributed by atoms with Crippen LogP contribution in [0.25, 0.3) is 0 Å². The Balaban J connectivity index is 2.79. The number of nitrogens with one attached hydrogen (secondary N) is 1. The normalized spacial score (nSPS) is 12.4. The number of sulfone groups is 1. The van der Waals surface area contributed by atoms with Gasteiger partial charge in [0.15, 0.2) is 0 Å². The van der Waals surface area contributed by atoms with Crippen LogP contribution in [-0.4, -0.2) is 44.5 Å². The molecule has 0 aliphatic rings. The van der Waals surface area contributed by atoms with Gasteiger partial charge in [0, 0.05) is 55.6 Å². The van der Waals surface area contributed by atoms with Crippen LogP contribution in [0.2, 0.25) is 0 Å². The molecule has 1 N–H and O–H groups in total. The van der Waals surface area contributed by atoms with Gasteiger partial charge in [0.1, 0.15) is 9.84 Å². The minimum atomic E-state index is -2.95. The van der Waals surface area contributed by atoms with Crippen molar-refractivity contribution in [2.75, 3.05) is 30.5 Å². The smallest absolute Gasteiger partial charge is 0.149 e. The van der Waals surface area contributed by atoms with Crippen molar-refractivity contribution in [3.8, 4) is 0 Å². The number of rotatable bonds is 6. The average Bonchev–Trinajstić information content (AvgIpc) is 2.32. The molecule has 0 fully saturated rings. The molecular weight excluding hydrogens is 274 g/mol. The SMILES string of the molecule is CN(CCS(C)(=O)=O)c1ccncc1CNC(C)(C)C. The first-order valence-corrected chi connectivity index (χ1v) is 8.71. The lowest BCUT2D eigenvalue weighted by atomic mass is 10.1. The van der Waals surface area contributed by atoms with Crippen LogP contribution in [0.15, 0.2) is 18.5 Å². The number of nitrogens with zero attached hydrogens (tertiary/aromatic N) is 2. The van der Waals surface area contributed by atoms with Crippen LogP contribution >= 0.6 is 0 Å². The second-order valence-electron chi connectivity index (χ2n) is 6.16. The summed E-state index contributed by atoms with van der Waals surface area (Å²) in [5.41, 5.74) is 2.11. The first-order valence-electron chi connectivity index (χ1n) is 6.65. The van der Waals surface area contributed by atoms with Crippen molar-refractivity contribution in [3.05, 3.63) is 24.0 Å². The van der Waals surface area contributed by atoms with E-state index in [9.17, 15) is 8.42 Å². The fourth-order valence-corrected chi connectivity index (χ4v) is 2.32. The van der Waals surface area contributed by atoms with Gasteiger partial charge in [0.05, 0.1) is 5.75 Å². The summed E-state index contributed by atoms with van der Waals surface area (Å²) in [6, 6.07) is 1.92. The minimum absolute atomic E-state index is 0.0262. The van der Waals surface area contributed by atoms with E-state index in [1.165, 1.54) is 6.26 Å². The molecule has 0 amide bonds. The zero-order valence-electron chi connectivity index (χ0n) is 13.0. The van der Waals surface area contributed by atoms with E-state index in [4.69, 9.17) is 0 Å². The van der Waals surface area contributed by atoms with Crippen molar-refractivity contribution >= 4 is 15.5 Å². The zero-order chi connectivity index (χ0) is 15.4. The molecule has 0 spiro atoms. The summed E-state index contributed by atoms with van der Waals surface area (Å²) in [6.45, 7) is 7.50. The molecule has 1 aromatic heterocycles. The molecule has 0 aromatic carbocycles. The van der Waals surface area contributed by atoms with Crippen molar-refractivity contribution in [1.29, 1.82) is 0 Å². The summed E-state index contributed by atoms with van der Waals surface area (Å²) in [5, 5.41) is 3.42. The molecule has 20 heavy (non-hydrogen) atoms. The Bertz CT molecular complexity index is 536.